The number of hydrogen-bond donors (Lipinski definition) is 0. The van der Waals surface area contributed by atoms with Crippen LogP contribution in [0.1, 0.15) is 104 Å². The fraction of sp³-hybridized carbons (Fsp3) is 1.00. The number of hydrogen-bond acceptors (Lipinski definition) is 0. The molecule has 17 heavy (non-hydrogen) atoms. The smallest absolute Gasteiger partial charge is 0.0654 e. The Hall–Kier alpha value is 0.519. The van der Waals surface area contributed by atoms with E-state index in [1.54, 1.807) is 0 Å². The van der Waals surface area contributed by atoms with E-state index >= 15 is 0 Å². The summed E-state index contributed by atoms with van der Waals surface area (Å²) >= 11 is 0. The Morgan fingerprint density at radius 1 is 0.353 bits per heavy atom. The molecular weight excluding hydrogens is 247 g/mol. The molecule has 0 rings (SSSR count). The summed E-state index contributed by atoms with van der Waals surface area (Å²) in [6.45, 7) is 4.58. The Morgan fingerprint density at radius 3 is 0.706 bits per heavy atom. The van der Waals surface area contributed by atoms with E-state index in [2.05, 4.69) is 13.8 Å². The van der Waals surface area contributed by atoms with E-state index in [-0.39, 0.29) is 17.1 Å². The molecule has 0 aliphatic heterocycles. The molecular formula is C16H34Mn+2. The van der Waals surface area contributed by atoms with Crippen LogP contribution in [0.3, 0.4) is 0 Å². The number of rotatable bonds is 13. The zero-order chi connectivity index (χ0) is 11.9. The van der Waals surface area contributed by atoms with E-state index in [1.165, 1.54) is 89.9 Å². The van der Waals surface area contributed by atoms with Gasteiger partial charge in [0, 0.05) is 0 Å². The van der Waals surface area contributed by atoms with Gasteiger partial charge in [0.2, 0.25) is 0 Å². The van der Waals surface area contributed by atoms with Crippen molar-refractivity contribution in [2.45, 2.75) is 104 Å². The average molecular weight is 281 g/mol. The summed E-state index contributed by atoms with van der Waals surface area (Å²) < 4.78 is 0. The minimum absolute atomic E-state index is 0. The molecule has 0 aliphatic carbocycles. The Bertz CT molecular complexity index is 98.1. The second-order valence-electron chi connectivity index (χ2n) is 5.24. The second-order valence-corrected chi connectivity index (χ2v) is 5.24. The molecule has 0 heterocycles. The molecule has 0 nitrogen and oxygen atoms in total. The van der Waals surface area contributed by atoms with Crippen molar-refractivity contribution in [3.05, 3.63) is 0 Å². The van der Waals surface area contributed by atoms with E-state index in [0.717, 1.165) is 0 Å². The van der Waals surface area contributed by atoms with Crippen molar-refractivity contribution in [3.8, 4) is 0 Å². The molecule has 0 saturated heterocycles. The van der Waals surface area contributed by atoms with Crippen molar-refractivity contribution in [2.75, 3.05) is 0 Å². The topological polar surface area (TPSA) is 0 Å². The van der Waals surface area contributed by atoms with E-state index in [1.807, 2.05) is 0 Å². The van der Waals surface area contributed by atoms with Crippen molar-refractivity contribution in [2.24, 2.45) is 0 Å². The Labute approximate surface area is 121 Å². The van der Waals surface area contributed by atoms with Crippen molar-refractivity contribution in [1.82, 2.24) is 0 Å². The Morgan fingerprint density at radius 2 is 0.529 bits per heavy atom. The molecule has 0 bridgehead atoms. The van der Waals surface area contributed by atoms with Gasteiger partial charge in [0.25, 0.3) is 0 Å². The van der Waals surface area contributed by atoms with E-state index in [0.29, 0.717) is 0 Å². The van der Waals surface area contributed by atoms with Crippen LogP contribution in [0.15, 0.2) is 0 Å². The summed E-state index contributed by atoms with van der Waals surface area (Å²) in [5.74, 6) is 0. The fourth-order valence-corrected chi connectivity index (χ4v) is 2.27. The molecule has 0 atom stereocenters. The van der Waals surface area contributed by atoms with Crippen molar-refractivity contribution < 1.29 is 17.1 Å². The fourth-order valence-electron chi connectivity index (χ4n) is 2.27. The summed E-state index contributed by atoms with van der Waals surface area (Å²) in [7, 11) is 0. The minimum Gasteiger partial charge on any atom is -0.0654 e. The van der Waals surface area contributed by atoms with Gasteiger partial charge in [-0.3, -0.25) is 0 Å². The first-order valence-electron chi connectivity index (χ1n) is 7.91. The first-order valence-corrected chi connectivity index (χ1v) is 7.91. The molecule has 0 aromatic rings. The van der Waals surface area contributed by atoms with Crippen LogP contribution in [0, 0.1) is 0 Å². The summed E-state index contributed by atoms with van der Waals surface area (Å²) in [6, 6.07) is 0. The largest absolute Gasteiger partial charge is 2.00 e. The monoisotopic (exact) mass is 281 g/mol. The van der Waals surface area contributed by atoms with Gasteiger partial charge in [0.15, 0.2) is 0 Å². The molecule has 0 unspecified atom stereocenters. The van der Waals surface area contributed by atoms with Crippen molar-refractivity contribution in [1.29, 1.82) is 0 Å². The van der Waals surface area contributed by atoms with Crippen molar-refractivity contribution in [3.63, 3.8) is 0 Å². The molecule has 0 saturated carbocycles. The molecule has 0 aromatic carbocycles. The second kappa shape index (κ2) is 18.9. The Kier molecular flexibility index (Phi) is 22.0. The number of unbranched alkanes of at least 4 members (excludes halogenated alkanes) is 13. The van der Waals surface area contributed by atoms with Crippen LogP contribution in [0.2, 0.25) is 0 Å². The SMILES string of the molecule is CCCCCCCCCCCCCCCC.[Mn+2]. The molecule has 0 aliphatic rings. The minimum atomic E-state index is 0. The van der Waals surface area contributed by atoms with Crippen LogP contribution in [0.5, 0.6) is 0 Å². The maximum absolute atomic E-state index is 2.29. The van der Waals surface area contributed by atoms with Crippen LogP contribution in [-0.2, 0) is 17.1 Å². The van der Waals surface area contributed by atoms with Gasteiger partial charge >= 0.3 is 17.1 Å². The third-order valence-corrected chi connectivity index (χ3v) is 3.46. The summed E-state index contributed by atoms with van der Waals surface area (Å²) in [6.07, 6.45) is 20.4. The van der Waals surface area contributed by atoms with E-state index < -0.39 is 0 Å². The summed E-state index contributed by atoms with van der Waals surface area (Å²) in [4.78, 5) is 0. The molecule has 0 spiro atoms. The first-order chi connectivity index (χ1) is 7.91. The van der Waals surface area contributed by atoms with Gasteiger partial charge in [-0.25, -0.2) is 0 Å². The molecule has 0 amide bonds. The van der Waals surface area contributed by atoms with Crippen LogP contribution < -0.4 is 0 Å². The van der Waals surface area contributed by atoms with Gasteiger partial charge < -0.3 is 0 Å². The molecule has 103 valence electrons. The zero-order valence-electron chi connectivity index (χ0n) is 12.3. The third kappa shape index (κ3) is 19.1. The Balaban J connectivity index is 0. The van der Waals surface area contributed by atoms with Gasteiger partial charge in [-0.1, -0.05) is 104 Å². The molecule has 0 N–H and O–H groups in total. The standard InChI is InChI=1S/C16H34.Mn/c1-3-5-7-9-11-13-15-16-14-12-10-8-6-4-2;/h3-16H2,1-2H3;/q;+2. The van der Waals surface area contributed by atoms with Crippen LogP contribution >= 0.6 is 0 Å². The summed E-state index contributed by atoms with van der Waals surface area (Å²) in [5.41, 5.74) is 0. The maximum Gasteiger partial charge on any atom is 2.00 e. The van der Waals surface area contributed by atoms with Gasteiger partial charge in [0.1, 0.15) is 0 Å². The molecule has 0 fully saturated rings. The quantitative estimate of drug-likeness (QED) is 0.267. The van der Waals surface area contributed by atoms with E-state index in [9.17, 15) is 0 Å². The average Bonchev–Trinajstić information content (AvgIpc) is 2.31. The molecule has 0 aromatic heterocycles. The molecule has 1 radical (unpaired) electrons. The molecule has 1 heteroatoms. The van der Waals surface area contributed by atoms with Crippen molar-refractivity contribution >= 4 is 0 Å². The van der Waals surface area contributed by atoms with E-state index in [4.69, 9.17) is 0 Å². The predicted molar refractivity (Wildman–Crippen MR) is 76.0 cm³/mol. The summed E-state index contributed by atoms with van der Waals surface area (Å²) in [5, 5.41) is 0. The zero-order valence-corrected chi connectivity index (χ0v) is 13.5. The van der Waals surface area contributed by atoms with Gasteiger partial charge in [-0.05, 0) is 0 Å². The normalized spacial score (nSPS) is 10.2. The van der Waals surface area contributed by atoms with Crippen LogP contribution in [-0.4, -0.2) is 0 Å². The third-order valence-electron chi connectivity index (χ3n) is 3.46. The van der Waals surface area contributed by atoms with Gasteiger partial charge in [-0.2, -0.15) is 0 Å². The van der Waals surface area contributed by atoms with Crippen LogP contribution in [0.25, 0.3) is 0 Å². The van der Waals surface area contributed by atoms with Crippen LogP contribution in [0.4, 0.5) is 0 Å². The van der Waals surface area contributed by atoms with Gasteiger partial charge in [-0.15, -0.1) is 0 Å². The first kappa shape index (κ1) is 19.8. The maximum atomic E-state index is 2.29. The predicted octanol–water partition coefficient (Wildman–Crippen LogP) is 6.49. The van der Waals surface area contributed by atoms with Gasteiger partial charge in [0.05, 0.1) is 0 Å².